The topological polar surface area (TPSA) is 99.2 Å². The number of hydrogen-bond donors (Lipinski definition) is 2. The first kappa shape index (κ1) is 14.0. The van der Waals surface area contributed by atoms with Crippen molar-refractivity contribution in [3.05, 3.63) is 12.4 Å². The van der Waals surface area contributed by atoms with Gasteiger partial charge in [-0.1, -0.05) is 0 Å². The highest BCUT2D eigenvalue weighted by molar-refractivity contribution is 5.75. The van der Waals surface area contributed by atoms with Crippen LogP contribution in [0.1, 0.15) is 19.8 Å². The molecule has 3 N–H and O–H groups in total. The summed E-state index contributed by atoms with van der Waals surface area (Å²) in [4.78, 5) is 22.5. The Bertz CT molecular complexity index is 403. The molecule has 0 atom stereocenters. The van der Waals surface area contributed by atoms with Gasteiger partial charge in [0.25, 0.3) is 0 Å². The van der Waals surface area contributed by atoms with Gasteiger partial charge < -0.3 is 15.8 Å². The molecule has 0 aliphatic heterocycles. The molecule has 0 aliphatic rings. The second-order valence-electron chi connectivity index (χ2n) is 3.73. The van der Waals surface area contributed by atoms with Gasteiger partial charge in [0.05, 0.1) is 18.5 Å². The molecule has 7 nitrogen and oxygen atoms in total. The average molecular weight is 254 g/mol. The van der Waals surface area contributed by atoms with E-state index in [1.165, 1.54) is 10.9 Å². The van der Waals surface area contributed by atoms with Gasteiger partial charge in [-0.25, -0.2) is 0 Å². The van der Waals surface area contributed by atoms with Gasteiger partial charge in [0.2, 0.25) is 5.91 Å². The van der Waals surface area contributed by atoms with Crippen molar-refractivity contribution >= 4 is 17.6 Å². The number of carbonyl (C=O) groups is 2. The van der Waals surface area contributed by atoms with Gasteiger partial charge in [0.1, 0.15) is 6.54 Å². The maximum Gasteiger partial charge on any atom is 0.305 e. The summed E-state index contributed by atoms with van der Waals surface area (Å²) in [7, 11) is 0. The number of esters is 1. The Kier molecular flexibility index (Phi) is 5.69. The third-order valence-corrected chi connectivity index (χ3v) is 2.14. The maximum absolute atomic E-state index is 11.5. The largest absolute Gasteiger partial charge is 0.466 e. The second-order valence-corrected chi connectivity index (χ2v) is 3.73. The molecule has 100 valence electrons. The van der Waals surface area contributed by atoms with E-state index in [9.17, 15) is 9.59 Å². The third-order valence-electron chi connectivity index (χ3n) is 2.14. The molecule has 0 fully saturated rings. The summed E-state index contributed by atoms with van der Waals surface area (Å²) in [5.74, 6) is -0.409. The number of carbonyl (C=O) groups excluding carboxylic acids is 2. The fourth-order valence-corrected chi connectivity index (χ4v) is 1.36. The number of aromatic nitrogens is 2. The first-order valence-electron chi connectivity index (χ1n) is 5.82. The molecular formula is C11H18N4O3. The SMILES string of the molecule is CCOC(=O)CCCNC(=O)Cn1cc(N)cn1. The first-order valence-corrected chi connectivity index (χ1v) is 5.82. The fourth-order valence-electron chi connectivity index (χ4n) is 1.36. The standard InChI is InChI=1S/C11H18N4O3/c1-2-18-11(17)4-3-5-13-10(16)8-15-7-9(12)6-14-15/h6-7H,2-5,8,12H2,1H3,(H,13,16). The monoisotopic (exact) mass is 254 g/mol. The smallest absolute Gasteiger partial charge is 0.305 e. The van der Waals surface area contributed by atoms with E-state index in [-0.39, 0.29) is 18.4 Å². The number of nitrogens with two attached hydrogens (primary N) is 1. The number of nitrogen functional groups attached to an aromatic ring is 1. The lowest BCUT2D eigenvalue weighted by atomic mass is 10.3. The molecule has 0 saturated carbocycles. The molecule has 7 heteroatoms. The summed E-state index contributed by atoms with van der Waals surface area (Å²) < 4.78 is 6.22. The molecule has 1 rings (SSSR count). The Hall–Kier alpha value is -2.05. The molecule has 0 radical (unpaired) electrons. The molecule has 1 aromatic heterocycles. The van der Waals surface area contributed by atoms with E-state index in [1.807, 2.05) is 0 Å². The van der Waals surface area contributed by atoms with Crippen LogP contribution in [0.2, 0.25) is 0 Å². The minimum absolute atomic E-state index is 0.122. The van der Waals surface area contributed by atoms with Crippen LogP contribution in [-0.4, -0.2) is 34.8 Å². The summed E-state index contributed by atoms with van der Waals surface area (Å²) in [6.45, 7) is 2.70. The Balaban J connectivity index is 2.12. The van der Waals surface area contributed by atoms with E-state index in [2.05, 4.69) is 10.4 Å². The molecule has 18 heavy (non-hydrogen) atoms. The molecule has 1 aromatic rings. The fraction of sp³-hybridized carbons (Fsp3) is 0.545. The van der Waals surface area contributed by atoms with E-state index in [0.717, 1.165) is 0 Å². The van der Waals surface area contributed by atoms with E-state index < -0.39 is 0 Å². The van der Waals surface area contributed by atoms with Crippen LogP contribution >= 0.6 is 0 Å². The minimum Gasteiger partial charge on any atom is -0.466 e. The highest BCUT2D eigenvalue weighted by atomic mass is 16.5. The van der Waals surface area contributed by atoms with Crippen molar-refractivity contribution in [2.24, 2.45) is 0 Å². The van der Waals surface area contributed by atoms with Gasteiger partial charge in [-0.2, -0.15) is 5.10 Å². The van der Waals surface area contributed by atoms with Crippen LogP contribution in [0.3, 0.4) is 0 Å². The summed E-state index contributed by atoms with van der Waals surface area (Å²) in [6.07, 6.45) is 3.93. The third kappa shape index (κ3) is 5.33. The molecule has 1 amide bonds. The molecule has 0 aliphatic carbocycles. The predicted molar refractivity (Wildman–Crippen MR) is 65.5 cm³/mol. The number of nitrogens with zero attached hydrogens (tertiary/aromatic N) is 2. The zero-order valence-corrected chi connectivity index (χ0v) is 10.4. The van der Waals surface area contributed by atoms with E-state index in [0.29, 0.717) is 31.7 Å². The van der Waals surface area contributed by atoms with Gasteiger partial charge in [-0.15, -0.1) is 0 Å². The Morgan fingerprint density at radius 3 is 2.94 bits per heavy atom. The lowest BCUT2D eigenvalue weighted by Crippen LogP contribution is -2.29. The van der Waals surface area contributed by atoms with E-state index in [1.54, 1.807) is 13.1 Å². The summed E-state index contributed by atoms with van der Waals surface area (Å²) >= 11 is 0. The van der Waals surface area contributed by atoms with E-state index in [4.69, 9.17) is 10.5 Å². The van der Waals surface area contributed by atoms with Gasteiger partial charge in [-0.05, 0) is 13.3 Å². The molecule has 0 bridgehead atoms. The van der Waals surface area contributed by atoms with Crippen molar-refractivity contribution in [2.45, 2.75) is 26.3 Å². The van der Waals surface area contributed by atoms with Gasteiger partial charge in [-0.3, -0.25) is 14.3 Å². The maximum atomic E-state index is 11.5. The predicted octanol–water partition coefficient (Wildman–Crippen LogP) is -0.0752. The van der Waals surface area contributed by atoms with Gasteiger partial charge in [0, 0.05) is 19.2 Å². The number of anilines is 1. The number of rotatable bonds is 7. The van der Waals surface area contributed by atoms with Crippen molar-refractivity contribution in [1.29, 1.82) is 0 Å². The van der Waals surface area contributed by atoms with Crippen molar-refractivity contribution in [3.63, 3.8) is 0 Å². The number of nitrogens with one attached hydrogen (secondary N) is 1. The Morgan fingerprint density at radius 1 is 1.56 bits per heavy atom. The summed E-state index contributed by atoms with van der Waals surface area (Å²) in [5.41, 5.74) is 5.99. The highest BCUT2D eigenvalue weighted by Gasteiger charge is 2.05. The van der Waals surface area contributed by atoms with Crippen LogP contribution in [0.5, 0.6) is 0 Å². The van der Waals surface area contributed by atoms with Crippen molar-refractivity contribution in [3.8, 4) is 0 Å². The summed E-state index contributed by atoms with van der Waals surface area (Å²) in [5, 5.41) is 6.58. The highest BCUT2D eigenvalue weighted by Crippen LogP contribution is 1.97. The lowest BCUT2D eigenvalue weighted by molar-refractivity contribution is -0.143. The normalized spacial score (nSPS) is 10.1. The quantitative estimate of drug-likeness (QED) is 0.524. The molecule has 0 spiro atoms. The first-order chi connectivity index (χ1) is 8.61. The van der Waals surface area contributed by atoms with Crippen LogP contribution < -0.4 is 11.1 Å². The van der Waals surface area contributed by atoms with E-state index >= 15 is 0 Å². The summed E-state index contributed by atoms with van der Waals surface area (Å²) in [6, 6.07) is 0. The molecular weight excluding hydrogens is 236 g/mol. The van der Waals surface area contributed by atoms with Crippen molar-refractivity contribution < 1.29 is 14.3 Å². The van der Waals surface area contributed by atoms with Gasteiger partial charge in [0.15, 0.2) is 0 Å². The zero-order valence-electron chi connectivity index (χ0n) is 10.4. The second kappa shape index (κ2) is 7.31. The van der Waals surface area contributed by atoms with Crippen LogP contribution in [0.4, 0.5) is 5.69 Å². The molecule has 0 saturated heterocycles. The minimum atomic E-state index is -0.244. The molecule has 0 unspecified atom stereocenters. The number of ether oxygens (including phenoxy) is 1. The average Bonchev–Trinajstić information content (AvgIpc) is 2.70. The lowest BCUT2D eigenvalue weighted by Gasteiger charge is -2.05. The Morgan fingerprint density at radius 2 is 2.33 bits per heavy atom. The molecule has 0 aromatic carbocycles. The van der Waals surface area contributed by atoms with Gasteiger partial charge >= 0.3 is 5.97 Å². The van der Waals surface area contributed by atoms with Crippen LogP contribution in [-0.2, 0) is 20.9 Å². The van der Waals surface area contributed by atoms with Crippen molar-refractivity contribution in [1.82, 2.24) is 15.1 Å². The molecule has 1 heterocycles. The van der Waals surface area contributed by atoms with Crippen LogP contribution in [0, 0.1) is 0 Å². The van der Waals surface area contributed by atoms with Crippen LogP contribution in [0.15, 0.2) is 12.4 Å². The van der Waals surface area contributed by atoms with Crippen molar-refractivity contribution in [2.75, 3.05) is 18.9 Å². The number of hydrogen-bond acceptors (Lipinski definition) is 5. The Labute approximate surface area is 105 Å². The van der Waals surface area contributed by atoms with Crippen LogP contribution in [0.25, 0.3) is 0 Å². The number of amides is 1. The zero-order chi connectivity index (χ0) is 13.4.